The van der Waals surface area contributed by atoms with Crippen LogP contribution in [0.4, 0.5) is 0 Å². The molecule has 1 N–H and O–H groups in total. The van der Waals surface area contributed by atoms with Gasteiger partial charge in [-0.05, 0) is 20.8 Å². The number of sulfonamides is 1. The molecule has 0 aliphatic heterocycles. The van der Waals surface area contributed by atoms with Crippen molar-refractivity contribution in [3.05, 3.63) is 0 Å². The van der Waals surface area contributed by atoms with E-state index in [-0.39, 0.29) is 19.6 Å². The van der Waals surface area contributed by atoms with Crippen LogP contribution in [0.1, 0.15) is 27.2 Å². The van der Waals surface area contributed by atoms with Crippen LogP contribution < -0.4 is 0 Å². The monoisotopic (exact) mass is 281 g/mol. The number of hydrogen-bond acceptors (Lipinski definition) is 5. The SMILES string of the molecule is CCOC(=O)CS(=O)(=O)N(CCC(=O)O)C(C)C. The van der Waals surface area contributed by atoms with E-state index in [1.54, 1.807) is 20.8 Å². The number of carboxylic acid groups (broad SMARTS) is 1. The molecule has 0 aliphatic carbocycles. The molecule has 0 aromatic heterocycles. The molecule has 106 valence electrons. The van der Waals surface area contributed by atoms with Crippen LogP contribution in [-0.2, 0) is 24.3 Å². The summed E-state index contributed by atoms with van der Waals surface area (Å²) >= 11 is 0. The van der Waals surface area contributed by atoms with Crippen molar-refractivity contribution in [2.75, 3.05) is 18.9 Å². The highest BCUT2D eigenvalue weighted by Crippen LogP contribution is 2.09. The summed E-state index contributed by atoms with van der Waals surface area (Å²) in [5, 5.41) is 8.56. The lowest BCUT2D eigenvalue weighted by atomic mass is 10.3. The Morgan fingerprint density at radius 2 is 1.89 bits per heavy atom. The van der Waals surface area contributed by atoms with Gasteiger partial charge in [0.25, 0.3) is 0 Å². The molecule has 0 atom stereocenters. The quantitative estimate of drug-likeness (QED) is 0.631. The van der Waals surface area contributed by atoms with E-state index >= 15 is 0 Å². The highest BCUT2D eigenvalue weighted by atomic mass is 32.2. The molecular weight excluding hydrogens is 262 g/mol. The standard InChI is InChI=1S/C10H19NO6S/c1-4-17-10(14)7-18(15,16)11(8(2)3)6-5-9(12)13/h8H,4-7H2,1-3H3,(H,12,13). The fourth-order valence-corrected chi connectivity index (χ4v) is 2.92. The number of esters is 1. The predicted molar refractivity (Wildman–Crippen MR) is 64.5 cm³/mol. The van der Waals surface area contributed by atoms with Crippen molar-refractivity contribution in [3.8, 4) is 0 Å². The van der Waals surface area contributed by atoms with Gasteiger partial charge in [0.2, 0.25) is 10.0 Å². The van der Waals surface area contributed by atoms with E-state index in [4.69, 9.17) is 5.11 Å². The topological polar surface area (TPSA) is 101 Å². The molecule has 0 heterocycles. The minimum atomic E-state index is -3.84. The van der Waals surface area contributed by atoms with Gasteiger partial charge in [-0.3, -0.25) is 9.59 Å². The summed E-state index contributed by atoms with van der Waals surface area (Å²) in [7, 11) is -3.84. The van der Waals surface area contributed by atoms with Gasteiger partial charge in [0.15, 0.2) is 5.75 Å². The molecule has 0 spiro atoms. The van der Waals surface area contributed by atoms with Gasteiger partial charge in [0.05, 0.1) is 13.0 Å². The number of hydrogen-bond donors (Lipinski definition) is 1. The van der Waals surface area contributed by atoms with Crippen LogP contribution in [-0.4, -0.2) is 54.7 Å². The molecule has 0 amide bonds. The first-order valence-electron chi connectivity index (χ1n) is 5.57. The second kappa shape index (κ2) is 7.32. The molecule has 0 rings (SSSR count). The maximum absolute atomic E-state index is 11.9. The third kappa shape index (κ3) is 5.97. The van der Waals surface area contributed by atoms with Gasteiger partial charge >= 0.3 is 11.9 Å². The first-order valence-corrected chi connectivity index (χ1v) is 7.18. The number of carbonyl (C=O) groups excluding carboxylic acids is 1. The van der Waals surface area contributed by atoms with Gasteiger partial charge in [0.1, 0.15) is 0 Å². The number of carboxylic acids is 1. The molecule has 18 heavy (non-hydrogen) atoms. The fourth-order valence-electron chi connectivity index (χ4n) is 1.36. The summed E-state index contributed by atoms with van der Waals surface area (Å²) in [4.78, 5) is 21.6. The Morgan fingerprint density at radius 3 is 2.28 bits per heavy atom. The molecule has 0 aromatic rings. The van der Waals surface area contributed by atoms with Gasteiger partial charge in [-0.25, -0.2) is 8.42 Å². The van der Waals surface area contributed by atoms with Crippen molar-refractivity contribution in [2.24, 2.45) is 0 Å². The van der Waals surface area contributed by atoms with Gasteiger partial charge in [0, 0.05) is 12.6 Å². The lowest BCUT2D eigenvalue weighted by molar-refractivity contribution is -0.140. The van der Waals surface area contributed by atoms with E-state index in [9.17, 15) is 18.0 Å². The highest BCUT2D eigenvalue weighted by molar-refractivity contribution is 7.89. The molecule has 7 nitrogen and oxygen atoms in total. The van der Waals surface area contributed by atoms with Crippen molar-refractivity contribution >= 4 is 22.0 Å². The second-order valence-electron chi connectivity index (χ2n) is 3.91. The summed E-state index contributed by atoms with van der Waals surface area (Å²) in [6.07, 6.45) is -0.305. The minimum absolute atomic E-state index is 0.102. The molecule has 0 unspecified atom stereocenters. The van der Waals surface area contributed by atoms with Crippen LogP contribution in [0, 0.1) is 0 Å². The third-order valence-corrected chi connectivity index (χ3v) is 4.00. The van der Waals surface area contributed by atoms with Crippen molar-refractivity contribution in [1.82, 2.24) is 4.31 Å². The van der Waals surface area contributed by atoms with Crippen LogP contribution in [0.15, 0.2) is 0 Å². The predicted octanol–water partition coefficient (Wildman–Crippen LogP) is 0.0644. The largest absolute Gasteiger partial charge is 0.481 e. The zero-order valence-corrected chi connectivity index (χ0v) is 11.6. The molecule has 0 saturated carbocycles. The number of rotatable bonds is 8. The smallest absolute Gasteiger partial charge is 0.322 e. The summed E-state index contributed by atoms with van der Waals surface area (Å²) in [5.41, 5.74) is 0. The first kappa shape index (κ1) is 16.9. The fraction of sp³-hybridized carbons (Fsp3) is 0.800. The van der Waals surface area contributed by atoms with E-state index in [0.717, 1.165) is 4.31 Å². The number of carbonyl (C=O) groups is 2. The lowest BCUT2D eigenvalue weighted by Crippen LogP contribution is -2.41. The Hall–Kier alpha value is -1.15. The maximum atomic E-state index is 11.9. The van der Waals surface area contributed by atoms with Gasteiger partial charge in [-0.15, -0.1) is 0 Å². The molecular formula is C10H19NO6S. The van der Waals surface area contributed by atoms with Gasteiger partial charge in [-0.1, -0.05) is 0 Å². The summed E-state index contributed by atoms with van der Waals surface area (Å²) in [6.45, 7) is 4.75. The number of ether oxygens (including phenoxy) is 1. The Morgan fingerprint density at radius 1 is 1.33 bits per heavy atom. The average molecular weight is 281 g/mol. The molecule has 0 fully saturated rings. The third-order valence-electron chi connectivity index (χ3n) is 2.08. The molecule has 0 radical (unpaired) electrons. The Bertz CT molecular complexity index is 389. The molecule has 0 saturated heterocycles. The van der Waals surface area contributed by atoms with Crippen LogP contribution in [0.2, 0.25) is 0 Å². The Labute approximate surface area is 107 Å². The zero-order chi connectivity index (χ0) is 14.3. The van der Waals surface area contributed by atoms with Crippen LogP contribution in [0.5, 0.6) is 0 Å². The van der Waals surface area contributed by atoms with Crippen molar-refractivity contribution in [3.63, 3.8) is 0 Å². The molecule has 0 aliphatic rings. The lowest BCUT2D eigenvalue weighted by Gasteiger charge is -2.24. The van der Waals surface area contributed by atoms with E-state index in [2.05, 4.69) is 4.74 Å². The summed E-state index contributed by atoms with van der Waals surface area (Å²) < 4.78 is 29.4. The summed E-state index contributed by atoms with van der Waals surface area (Å²) in [5.74, 6) is -2.69. The Balaban J connectivity index is 4.76. The van der Waals surface area contributed by atoms with Gasteiger partial charge < -0.3 is 9.84 Å². The van der Waals surface area contributed by atoms with Crippen LogP contribution in [0.3, 0.4) is 0 Å². The van der Waals surface area contributed by atoms with Crippen molar-refractivity contribution in [1.29, 1.82) is 0 Å². The number of nitrogens with zero attached hydrogens (tertiary/aromatic N) is 1. The second-order valence-corrected chi connectivity index (χ2v) is 5.83. The maximum Gasteiger partial charge on any atom is 0.322 e. The van der Waals surface area contributed by atoms with Crippen molar-refractivity contribution < 1.29 is 27.9 Å². The van der Waals surface area contributed by atoms with Crippen LogP contribution >= 0.6 is 0 Å². The van der Waals surface area contributed by atoms with Crippen molar-refractivity contribution in [2.45, 2.75) is 33.2 Å². The van der Waals surface area contributed by atoms with E-state index in [1.807, 2.05) is 0 Å². The van der Waals surface area contributed by atoms with E-state index in [0.29, 0.717) is 0 Å². The normalized spacial score (nSPS) is 11.8. The number of aliphatic carboxylic acids is 1. The Kier molecular flexibility index (Phi) is 6.85. The minimum Gasteiger partial charge on any atom is -0.481 e. The average Bonchev–Trinajstić information content (AvgIpc) is 2.15. The molecule has 8 heteroatoms. The summed E-state index contributed by atoms with van der Waals surface area (Å²) in [6, 6.07) is -0.413. The van der Waals surface area contributed by atoms with E-state index < -0.39 is 33.8 Å². The highest BCUT2D eigenvalue weighted by Gasteiger charge is 2.28. The first-order chi connectivity index (χ1) is 8.20. The zero-order valence-electron chi connectivity index (χ0n) is 10.7. The van der Waals surface area contributed by atoms with Gasteiger partial charge in [-0.2, -0.15) is 4.31 Å². The molecule has 0 bridgehead atoms. The molecule has 0 aromatic carbocycles. The van der Waals surface area contributed by atoms with E-state index in [1.165, 1.54) is 0 Å². The van der Waals surface area contributed by atoms with Crippen LogP contribution in [0.25, 0.3) is 0 Å².